The number of hydrogen-bond donors (Lipinski definition) is 1. The SMILES string of the molecule is Cc1ccc(-c2noc(CCN(Cc3ccco3)C[C@H](O)COc3ccccc3)n2)cc1Cl. The first kappa shape index (κ1) is 23.0. The quantitative estimate of drug-likeness (QED) is 0.340. The normalized spacial score (nSPS) is 12.2. The van der Waals surface area contributed by atoms with Gasteiger partial charge in [0, 0.05) is 30.1 Å². The molecule has 2 aromatic carbocycles. The van der Waals surface area contributed by atoms with Crippen LogP contribution in [0.5, 0.6) is 5.75 Å². The van der Waals surface area contributed by atoms with Crippen molar-refractivity contribution in [1.82, 2.24) is 15.0 Å². The lowest BCUT2D eigenvalue weighted by Crippen LogP contribution is -2.36. The van der Waals surface area contributed by atoms with Crippen molar-refractivity contribution in [3.05, 3.63) is 89.2 Å². The van der Waals surface area contributed by atoms with E-state index in [9.17, 15) is 5.11 Å². The van der Waals surface area contributed by atoms with Gasteiger partial charge in [0.2, 0.25) is 11.7 Å². The lowest BCUT2D eigenvalue weighted by molar-refractivity contribution is 0.0629. The number of halogens is 1. The second-order valence-electron chi connectivity index (χ2n) is 7.82. The van der Waals surface area contributed by atoms with Crippen molar-refractivity contribution in [2.75, 3.05) is 19.7 Å². The van der Waals surface area contributed by atoms with Crippen LogP contribution in [0, 0.1) is 6.92 Å². The molecule has 0 radical (unpaired) electrons. The van der Waals surface area contributed by atoms with Crippen molar-refractivity contribution in [1.29, 1.82) is 0 Å². The van der Waals surface area contributed by atoms with Gasteiger partial charge in [-0.2, -0.15) is 4.98 Å². The largest absolute Gasteiger partial charge is 0.491 e. The summed E-state index contributed by atoms with van der Waals surface area (Å²) in [7, 11) is 0. The van der Waals surface area contributed by atoms with Crippen LogP contribution in [-0.4, -0.2) is 45.9 Å². The van der Waals surface area contributed by atoms with Crippen LogP contribution in [-0.2, 0) is 13.0 Å². The summed E-state index contributed by atoms with van der Waals surface area (Å²) in [5.74, 6) is 2.55. The van der Waals surface area contributed by atoms with Gasteiger partial charge in [0.25, 0.3) is 0 Å². The summed E-state index contributed by atoms with van der Waals surface area (Å²) >= 11 is 6.22. The van der Waals surface area contributed by atoms with Crippen LogP contribution in [0.4, 0.5) is 0 Å². The van der Waals surface area contributed by atoms with Gasteiger partial charge in [-0.15, -0.1) is 0 Å². The Hall–Kier alpha value is -3.13. The average Bonchev–Trinajstić information content (AvgIpc) is 3.51. The second-order valence-corrected chi connectivity index (χ2v) is 8.23. The molecule has 0 aliphatic heterocycles. The Balaban J connectivity index is 1.36. The van der Waals surface area contributed by atoms with E-state index >= 15 is 0 Å². The highest BCUT2D eigenvalue weighted by molar-refractivity contribution is 6.31. The molecule has 2 heterocycles. The summed E-state index contributed by atoms with van der Waals surface area (Å²) in [5, 5.41) is 15.3. The molecule has 0 saturated heterocycles. The number of rotatable bonds is 11. The zero-order valence-corrected chi connectivity index (χ0v) is 19.1. The van der Waals surface area contributed by atoms with Crippen LogP contribution in [0.25, 0.3) is 11.4 Å². The molecule has 2 aromatic heterocycles. The Morgan fingerprint density at radius 3 is 2.73 bits per heavy atom. The number of nitrogens with zero attached hydrogens (tertiary/aromatic N) is 3. The van der Waals surface area contributed by atoms with Gasteiger partial charge in [-0.1, -0.05) is 47.1 Å². The maximum absolute atomic E-state index is 10.5. The molecule has 4 aromatic rings. The molecule has 0 fully saturated rings. The minimum absolute atomic E-state index is 0.192. The third kappa shape index (κ3) is 6.68. The molecule has 4 rings (SSSR count). The van der Waals surface area contributed by atoms with Crippen molar-refractivity contribution >= 4 is 11.6 Å². The molecule has 0 saturated carbocycles. The topological polar surface area (TPSA) is 84.8 Å². The van der Waals surface area contributed by atoms with E-state index in [1.54, 1.807) is 6.26 Å². The van der Waals surface area contributed by atoms with Crippen LogP contribution < -0.4 is 4.74 Å². The van der Waals surface area contributed by atoms with E-state index in [1.165, 1.54) is 0 Å². The molecule has 1 N–H and O–H groups in total. The molecule has 1 atom stereocenters. The van der Waals surface area contributed by atoms with Crippen LogP contribution in [0.3, 0.4) is 0 Å². The molecule has 0 aliphatic rings. The maximum Gasteiger partial charge on any atom is 0.228 e. The Labute approximate surface area is 197 Å². The van der Waals surface area contributed by atoms with Crippen molar-refractivity contribution in [3.63, 3.8) is 0 Å². The summed E-state index contributed by atoms with van der Waals surface area (Å²) in [6.45, 7) is 3.68. The third-order valence-corrected chi connectivity index (χ3v) is 5.56. The van der Waals surface area contributed by atoms with Crippen LogP contribution in [0.1, 0.15) is 17.2 Å². The average molecular weight is 468 g/mol. The first-order chi connectivity index (χ1) is 16.1. The van der Waals surface area contributed by atoms with Gasteiger partial charge in [0.15, 0.2) is 0 Å². The highest BCUT2D eigenvalue weighted by Crippen LogP contribution is 2.23. The number of aliphatic hydroxyl groups excluding tert-OH is 1. The zero-order chi connectivity index (χ0) is 23.0. The molecule has 8 heteroatoms. The molecule has 0 unspecified atom stereocenters. The highest BCUT2D eigenvalue weighted by Gasteiger charge is 2.17. The van der Waals surface area contributed by atoms with Crippen molar-refractivity contribution in [2.45, 2.75) is 26.0 Å². The Bertz CT molecular complexity index is 1130. The third-order valence-electron chi connectivity index (χ3n) is 5.15. The summed E-state index contributed by atoms with van der Waals surface area (Å²) in [4.78, 5) is 6.58. The van der Waals surface area contributed by atoms with E-state index in [0.29, 0.717) is 42.8 Å². The Morgan fingerprint density at radius 2 is 1.97 bits per heavy atom. The van der Waals surface area contributed by atoms with Gasteiger partial charge >= 0.3 is 0 Å². The standard InChI is InChI=1S/C25H26ClN3O4/c1-18-9-10-19(14-23(18)26)25-27-24(33-28-25)11-12-29(16-22-8-5-13-31-22)15-20(30)17-32-21-6-3-2-4-7-21/h2-10,13-14,20,30H,11-12,15-17H2,1H3/t20-/m0/s1. The smallest absolute Gasteiger partial charge is 0.228 e. The van der Waals surface area contributed by atoms with E-state index in [1.807, 2.05) is 67.6 Å². The van der Waals surface area contributed by atoms with E-state index in [-0.39, 0.29) is 6.61 Å². The summed E-state index contributed by atoms with van der Waals surface area (Å²) in [6, 6.07) is 18.9. The molecular weight excluding hydrogens is 442 g/mol. The number of aromatic nitrogens is 2. The number of para-hydroxylation sites is 1. The maximum atomic E-state index is 10.5. The molecule has 0 spiro atoms. The molecule has 0 amide bonds. The number of aliphatic hydroxyl groups is 1. The zero-order valence-electron chi connectivity index (χ0n) is 18.4. The lowest BCUT2D eigenvalue weighted by atomic mass is 10.1. The van der Waals surface area contributed by atoms with E-state index < -0.39 is 6.10 Å². The fraction of sp³-hybridized carbons (Fsp3) is 0.280. The van der Waals surface area contributed by atoms with Crippen LogP contribution >= 0.6 is 11.6 Å². The van der Waals surface area contributed by atoms with E-state index in [2.05, 4.69) is 15.0 Å². The number of furan rings is 1. The first-order valence-electron chi connectivity index (χ1n) is 10.8. The predicted octanol–water partition coefficient (Wildman–Crippen LogP) is 4.78. The Kier molecular flexibility index (Phi) is 7.78. The van der Waals surface area contributed by atoms with Gasteiger partial charge in [0.1, 0.15) is 24.2 Å². The molecule has 33 heavy (non-hydrogen) atoms. The minimum atomic E-state index is -0.673. The fourth-order valence-corrected chi connectivity index (χ4v) is 3.56. The van der Waals surface area contributed by atoms with Gasteiger partial charge in [-0.3, -0.25) is 4.90 Å². The molecule has 172 valence electrons. The van der Waals surface area contributed by atoms with Gasteiger partial charge < -0.3 is 18.8 Å². The lowest BCUT2D eigenvalue weighted by Gasteiger charge is -2.23. The van der Waals surface area contributed by atoms with Gasteiger partial charge in [-0.25, -0.2) is 0 Å². The van der Waals surface area contributed by atoms with Crippen LogP contribution in [0.2, 0.25) is 5.02 Å². The number of hydrogen-bond acceptors (Lipinski definition) is 7. The highest BCUT2D eigenvalue weighted by atomic mass is 35.5. The van der Waals surface area contributed by atoms with E-state index in [4.69, 9.17) is 25.3 Å². The van der Waals surface area contributed by atoms with Crippen molar-refractivity contribution in [3.8, 4) is 17.1 Å². The van der Waals surface area contributed by atoms with E-state index in [0.717, 1.165) is 22.6 Å². The first-order valence-corrected chi connectivity index (χ1v) is 11.1. The summed E-state index contributed by atoms with van der Waals surface area (Å²) in [6.07, 6.45) is 1.49. The summed E-state index contributed by atoms with van der Waals surface area (Å²) in [5.41, 5.74) is 1.80. The number of ether oxygens (including phenoxy) is 1. The van der Waals surface area contributed by atoms with Crippen LogP contribution in [0.15, 0.2) is 75.9 Å². The molecule has 0 bridgehead atoms. The second kappa shape index (κ2) is 11.1. The minimum Gasteiger partial charge on any atom is -0.491 e. The molecular formula is C25H26ClN3O4. The van der Waals surface area contributed by atoms with Crippen molar-refractivity contribution < 1.29 is 18.8 Å². The predicted molar refractivity (Wildman–Crippen MR) is 125 cm³/mol. The fourth-order valence-electron chi connectivity index (χ4n) is 3.38. The number of benzene rings is 2. The molecule has 0 aliphatic carbocycles. The van der Waals surface area contributed by atoms with Gasteiger partial charge in [-0.05, 0) is 42.8 Å². The summed E-state index contributed by atoms with van der Waals surface area (Å²) < 4.78 is 16.6. The van der Waals surface area contributed by atoms with Gasteiger partial charge in [0.05, 0.1) is 12.8 Å². The van der Waals surface area contributed by atoms with Crippen molar-refractivity contribution in [2.24, 2.45) is 0 Å². The molecule has 7 nitrogen and oxygen atoms in total. The Morgan fingerprint density at radius 1 is 1.12 bits per heavy atom. The number of aryl methyl sites for hydroxylation is 1. The monoisotopic (exact) mass is 467 g/mol.